The second-order valence-electron chi connectivity index (χ2n) is 8.40. The number of nitrogens with zero attached hydrogens (tertiary/aromatic N) is 2. The van der Waals surface area contributed by atoms with Crippen LogP contribution >= 0.6 is 15.9 Å². The Morgan fingerprint density at radius 1 is 1.06 bits per heavy atom. The highest BCUT2D eigenvalue weighted by Gasteiger charge is 2.31. The normalized spacial score (nSPS) is 13.1. The first-order chi connectivity index (χ1) is 16.0. The maximum Gasteiger partial charge on any atom is 0.244 e. The molecule has 0 unspecified atom stereocenters. The van der Waals surface area contributed by atoms with Gasteiger partial charge in [-0.1, -0.05) is 60.1 Å². The van der Waals surface area contributed by atoms with Gasteiger partial charge in [-0.15, -0.1) is 0 Å². The number of carbonyl (C=O) groups is 2. The molecule has 0 saturated heterocycles. The Bertz CT molecular complexity index is 1110. The highest BCUT2D eigenvalue weighted by Crippen LogP contribution is 2.24. The highest BCUT2D eigenvalue weighted by atomic mass is 79.9. The van der Waals surface area contributed by atoms with Crippen LogP contribution in [0.1, 0.15) is 45.2 Å². The number of sulfonamides is 1. The molecule has 0 radical (unpaired) electrons. The van der Waals surface area contributed by atoms with E-state index in [0.29, 0.717) is 12.1 Å². The number of rotatable bonds is 11. The van der Waals surface area contributed by atoms with Crippen LogP contribution in [0.15, 0.2) is 53.0 Å². The Balaban J connectivity index is 2.42. The fourth-order valence-corrected chi connectivity index (χ4v) is 4.86. The van der Waals surface area contributed by atoms with Gasteiger partial charge in [0, 0.05) is 17.1 Å². The van der Waals surface area contributed by atoms with Crippen molar-refractivity contribution in [3.05, 3.63) is 64.1 Å². The first-order valence-electron chi connectivity index (χ1n) is 11.4. The van der Waals surface area contributed by atoms with Crippen molar-refractivity contribution < 1.29 is 18.0 Å². The molecule has 2 rings (SSSR count). The van der Waals surface area contributed by atoms with Crippen molar-refractivity contribution in [2.24, 2.45) is 0 Å². The third-order valence-corrected chi connectivity index (χ3v) is 7.35. The van der Waals surface area contributed by atoms with E-state index < -0.39 is 28.5 Å². The molecule has 9 heteroatoms. The molecule has 2 atom stereocenters. The van der Waals surface area contributed by atoms with Crippen LogP contribution in [-0.4, -0.2) is 50.0 Å². The summed E-state index contributed by atoms with van der Waals surface area (Å²) in [6.07, 6.45) is 2.46. The lowest BCUT2D eigenvalue weighted by atomic mass is 10.1. The molecule has 0 bridgehead atoms. The van der Waals surface area contributed by atoms with Crippen LogP contribution in [-0.2, 0) is 32.6 Å². The fourth-order valence-electron chi connectivity index (χ4n) is 3.53. The third-order valence-electron chi connectivity index (χ3n) is 5.73. The predicted octanol–water partition coefficient (Wildman–Crippen LogP) is 4.11. The average molecular weight is 553 g/mol. The van der Waals surface area contributed by atoms with Gasteiger partial charge in [-0.25, -0.2) is 8.42 Å². The summed E-state index contributed by atoms with van der Waals surface area (Å²) in [4.78, 5) is 28.0. The molecule has 0 aliphatic heterocycles. The monoisotopic (exact) mass is 551 g/mol. The van der Waals surface area contributed by atoms with E-state index in [1.807, 2.05) is 57.2 Å². The lowest BCUT2D eigenvalue weighted by Gasteiger charge is -2.32. The lowest BCUT2D eigenvalue weighted by Crippen LogP contribution is -2.52. The lowest BCUT2D eigenvalue weighted by molar-refractivity contribution is -0.139. The van der Waals surface area contributed by atoms with Gasteiger partial charge in [-0.05, 0) is 56.0 Å². The summed E-state index contributed by atoms with van der Waals surface area (Å²) in [5.41, 5.74) is 2.12. The number of nitrogens with one attached hydrogen (secondary N) is 1. The summed E-state index contributed by atoms with van der Waals surface area (Å²) < 4.78 is 27.4. The van der Waals surface area contributed by atoms with Crippen molar-refractivity contribution >= 4 is 43.5 Å². The van der Waals surface area contributed by atoms with E-state index in [9.17, 15) is 18.0 Å². The number of aryl methyl sites for hydroxylation is 1. The minimum atomic E-state index is -3.75. The number of hydrogen-bond donors (Lipinski definition) is 1. The van der Waals surface area contributed by atoms with Crippen LogP contribution in [0.25, 0.3) is 0 Å². The van der Waals surface area contributed by atoms with Gasteiger partial charge in [0.2, 0.25) is 21.8 Å². The number of amides is 2. The Morgan fingerprint density at radius 3 is 2.32 bits per heavy atom. The van der Waals surface area contributed by atoms with Crippen LogP contribution < -0.4 is 9.62 Å². The zero-order chi connectivity index (χ0) is 25.5. The third kappa shape index (κ3) is 7.56. The molecule has 2 aromatic rings. The number of benzene rings is 2. The number of para-hydroxylation sites is 1. The fraction of sp³-hybridized carbons (Fsp3) is 0.440. The Kier molecular flexibility index (Phi) is 10.1. The second-order valence-corrected chi connectivity index (χ2v) is 11.2. The van der Waals surface area contributed by atoms with Gasteiger partial charge in [0.05, 0.1) is 11.9 Å². The van der Waals surface area contributed by atoms with Crippen molar-refractivity contribution in [3.63, 3.8) is 0 Å². The minimum absolute atomic E-state index is 0.0401. The molecule has 186 valence electrons. The number of carbonyl (C=O) groups excluding carboxylic acids is 2. The molecule has 0 aliphatic rings. The van der Waals surface area contributed by atoms with E-state index in [0.717, 1.165) is 32.6 Å². The second kappa shape index (κ2) is 12.4. The number of halogens is 1. The van der Waals surface area contributed by atoms with Gasteiger partial charge >= 0.3 is 0 Å². The van der Waals surface area contributed by atoms with Crippen molar-refractivity contribution in [2.45, 2.75) is 59.2 Å². The van der Waals surface area contributed by atoms with Gasteiger partial charge in [0.25, 0.3) is 0 Å². The SMILES string of the molecule is CCc1ccccc1N(CC(=O)N(Cc1cccc(Br)c1)[C@H](C)C(=O)N[C@@H](C)CC)S(C)(=O)=O. The zero-order valence-electron chi connectivity index (χ0n) is 20.4. The number of hydrogen-bond acceptors (Lipinski definition) is 4. The maximum absolute atomic E-state index is 13.6. The summed E-state index contributed by atoms with van der Waals surface area (Å²) in [6.45, 7) is 7.24. The molecule has 7 nitrogen and oxygen atoms in total. The summed E-state index contributed by atoms with van der Waals surface area (Å²) in [6, 6.07) is 13.8. The van der Waals surface area contributed by atoms with Crippen LogP contribution in [0.2, 0.25) is 0 Å². The summed E-state index contributed by atoms with van der Waals surface area (Å²) in [7, 11) is -3.75. The number of anilines is 1. The van der Waals surface area contributed by atoms with E-state index in [4.69, 9.17) is 0 Å². The van der Waals surface area contributed by atoms with Crippen molar-refractivity contribution in [3.8, 4) is 0 Å². The summed E-state index contributed by atoms with van der Waals surface area (Å²) >= 11 is 3.44. The van der Waals surface area contributed by atoms with Crippen molar-refractivity contribution in [1.82, 2.24) is 10.2 Å². The van der Waals surface area contributed by atoms with Gasteiger partial charge in [-0.2, -0.15) is 0 Å². The van der Waals surface area contributed by atoms with Crippen LogP contribution in [0.3, 0.4) is 0 Å². The van der Waals surface area contributed by atoms with Crippen LogP contribution in [0.5, 0.6) is 0 Å². The highest BCUT2D eigenvalue weighted by molar-refractivity contribution is 9.10. The van der Waals surface area contributed by atoms with Gasteiger partial charge in [0.1, 0.15) is 12.6 Å². The molecule has 0 aromatic heterocycles. The standard InChI is InChI=1S/C25H34BrN3O4S/c1-6-18(3)27-25(31)19(4)28(16-20-11-10-13-22(26)15-20)24(30)17-29(34(5,32)33)23-14-9-8-12-21(23)7-2/h8-15,18-19H,6-7,16-17H2,1-5H3,(H,27,31)/t18-,19+/m0/s1. The molecule has 1 N–H and O–H groups in total. The Labute approximate surface area is 211 Å². The van der Waals surface area contributed by atoms with Gasteiger partial charge < -0.3 is 10.2 Å². The molecule has 2 amide bonds. The van der Waals surface area contributed by atoms with E-state index in [1.54, 1.807) is 19.1 Å². The predicted molar refractivity (Wildman–Crippen MR) is 140 cm³/mol. The van der Waals surface area contributed by atoms with Crippen LogP contribution in [0, 0.1) is 0 Å². The van der Waals surface area contributed by atoms with Crippen molar-refractivity contribution in [2.75, 3.05) is 17.1 Å². The van der Waals surface area contributed by atoms with Gasteiger partial charge in [-0.3, -0.25) is 13.9 Å². The summed E-state index contributed by atoms with van der Waals surface area (Å²) in [5.74, 6) is -0.735. The minimum Gasteiger partial charge on any atom is -0.352 e. The molecule has 0 fully saturated rings. The smallest absolute Gasteiger partial charge is 0.244 e. The first kappa shape index (κ1) is 27.9. The molecule has 2 aromatic carbocycles. The molecular weight excluding hydrogens is 518 g/mol. The Hall–Kier alpha value is -2.39. The van der Waals surface area contributed by atoms with E-state index >= 15 is 0 Å². The quantitative estimate of drug-likeness (QED) is 0.455. The average Bonchev–Trinajstić information content (AvgIpc) is 2.79. The maximum atomic E-state index is 13.6. The Morgan fingerprint density at radius 2 is 1.74 bits per heavy atom. The molecule has 0 heterocycles. The summed E-state index contributed by atoms with van der Waals surface area (Å²) in [5, 5.41) is 2.92. The molecular formula is C25H34BrN3O4S. The van der Waals surface area contributed by atoms with E-state index in [2.05, 4.69) is 21.2 Å². The molecule has 0 aliphatic carbocycles. The molecule has 34 heavy (non-hydrogen) atoms. The largest absolute Gasteiger partial charge is 0.352 e. The van der Waals surface area contributed by atoms with E-state index in [-0.39, 0.29) is 18.5 Å². The van der Waals surface area contributed by atoms with Gasteiger partial charge in [0.15, 0.2) is 0 Å². The topological polar surface area (TPSA) is 86.8 Å². The van der Waals surface area contributed by atoms with Crippen LogP contribution in [0.4, 0.5) is 5.69 Å². The first-order valence-corrected chi connectivity index (χ1v) is 14.0. The molecule has 0 spiro atoms. The van der Waals surface area contributed by atoms with E-state index in [1.165, 1.54) is 4.90 Å². The molecule has 0 saturated carbocycles. The van der Waals surface area contributed by atoms with Crippen molar-refractivity contribution in [1.29, 1.82) is 0 Å². The zero-order valence-corrected chi connectivity index (χ0v) is 22.8.